The summed E-state index contributed by atoms with van der Waals surface area (Å²) in [6.07, 6.45) is 5.88. The number of non-ortho nitro benzene ring substituents is 1. The van der Waals surface area contributed by atoms with Crippen molar-refractivity contribution in [2.75, 3.05) is 19.7 Å². The molecule has 138 valence electrons. The van der Waals surface area contributed by atoms with Crippen LogP contribution in [-0.2, 0) is 11.3 Å². The van der Waals surface area contributed by atoms with Gasteiger partial charge in [0.25, 0.3) is 5.69 Å². The van der Waals surface area contributed by atoms with Crippen molar-refractivity contribution < 1.29 is 9.66 Å². The number of nitro benzene ring substituents is 1. The van der Waals surface area contributed by atoms with Crippen LogP contribution in [0.4, 0.5) is 5.69 Å². The van der Waals surface area contributed by atoms with Crippen LogP contribution < -0.4 is 10.6 Å². The number of benzene rings is 1. The van der Waals surface area contributed by atoms with E-state index in [4.69, 9.17) is 4.74 Å². The molecule has 1 fully saturated rings. The molecule has 0 spiro atoms. The number of unbranched alkanes of at least 4 members (excludes halogenated alkanes) is 1. The molecule has 1 atom stereocenters. The first kappa shape index (κ1) is 19.2. The molecule has 0 aromatic heterocycles. The van der Waals surface area contributed by atoms with Crippen LogP contribution in [0.25, 0.3) is 0 Å². The summed E-state index contributed by atoms with van der Waals surface area (Å²) in [5.74, 6) is 0.765. The van der Waals surface area contributed by atoms with Gasteiger partial charge in [-0.05, 0) is 31.2 Å². The van der Waals surface area contributed by atoms with Gasteiger partial charge in [-0.25, -0.2) is 4.99 Å². The van der Waals surface area contributed by atoms with E-state index in [1.807, 2.05) is 0 Å². The third-order valence-electron chi connectivity index (χ3n) is 4.16. The predicted molar refractivity (Wildman–Crippen MR) is 98.7 cm³/mol. The van der Waals surface area contributed by atoms with Crippen LogP contribution in [0.2, 0.25) is 0 Å². The van der Waals surface area contributed by atoms with Gasteiger partial charge in [-0.1, -0.05) is 25.5 Å². The van der Waals surface area contributed by atoms with Gasteiger partial charge in [-0.3, -0.25) is 10.1 Å². The minimum atomic E-state index is -0.392. The Balaban J connectivity index is 1.90. The Kier molecular flexibility index (Phi) is 8.18. The van der Waals surface area contributed by atoms with E-state index in [9.17, 15) is 10.1 Å². The van der Waals surface area contributed by atoms with Gasteiger partial charge in [0.15, 0.2) is 5.96 Å². The zero-order chi connectivity index (χ0) is 17.9. The van der Waals surface area contributed by atoms with Crippen LogP contribution in [-0.4, -0.2) is 36.7 Å². The Labute approximate surface area is 149 Å². The Bertz CT molecular complexity index is 554. The summed E-state index contributed by atoms with van der Waals surface area (Å²) in [4.78, 5) is 14.9. The maximum atomic E-state index is 10.7. The second kappa shape index (κ2) is 10.7. The first-order valence-corrected chi connectivity index (χ1v) is 9.06. The Hall–Kier alpha value is -2.15. The van der Waals surface area contributed by atoms with Gasteiger partial charge in [-0.2, -0.15) is 0 Å². The lowest BCUT2D eigenvalue weighted by molar-refractivity contribution is -0.384. The standard InChI is InChI=1S/C18H28N4O3/c1-2-3-11-19-18(21-14-17-6-4-5-12-25-17)20-13-15-7-9-16(10-8-15)22(23)24/h7-10,17H,2-6,11-14H2,1H3,(H2,19,20,21). The van der Waals surface area contributed by atoms with Crippen LogP contribution in [0.5, 0.6) is 0 Å². The van der Waals surface area contributed by atoms with Gasteiger partial charge in [-0.15, -0.1) is 0 Å². The molecule has 2 N–H and O–H groups in total. The Morgan fingerprint density at radius 1 is 1.32 bits per heavy atom. The second-order valence-electron chi connectivity index (χ2n) is 6.24. The highest BCUT2D eigenvalue weighted by Gasteiger charge is 2.14. The van der Waals surface area contributed by atoms with Crippen molar-refractivity contribution in [3.05, 3.63) is 39.9 Å². The highest BCUT2D eigenvalue weighted by Crippen LogP contribution is 2.13. The molecule has 1 unspecified atom stereocenters. The van der Waals surface area contributed by atoms with Gasteiger partial charge in [0, 0.05) is 31.8 Å². The van der Waals surface area contributed by atoms with Gasteiger partial charge < -0.3 is 15.4 Å². The molecule has 1 saturated heterocycles. The number of nitrogens with one attached hydrogen (secondary N) is 2. The molecule has 0 radical (unpaired) electrons. The molecule has 1 aromatic carbocycles. The third-order valence-corrected chi connectivity index (χ3v) is 4.16. The third kappa shape index (κ3) is 7.09. The number of hydrogen-bond acceptors (Lipinski definition) is 4. The van der Waals surface area contributed by atoms with Crippen molar-refractivity contribution in [1.82, 2.24) is 10.6 Å². The fraction of sp³-hybridized carbons (Fsp3) is 0.611. The largest absolute Gasteiger partial charge is 0.376 e. The summed E-state index contributed by atoms with van der Waals surface area (Å²) in [5.41, 5.74) is 1.04. The van der Waals surface area contributed by atoms with Crippen LogP contribution in [0.15, 0.2) is 29.3 Å². The Morgan fingerprint density at radius 3 is 2.76 bits per heavy atom. The van der Waals surface area contributed by atoms with E-state index >= 15 is 0 Å². The molecule has 0 saturated carbocycles. The van der Waals surface area contributed by atoms with Gasteiger partial charge in [0.2, 0.25) is 0 Å². The fourth-order valence-electron chi connectivity index (χ4n) is 2.63. The molecule has 2 rings (SSSR count). The molecule has 0 amide bonds. The van der Waals surface area contributed by atoms with Crippen molar-refractivity contribution in [2.45, 2.75) is 51.7 Å². The number of ether oxygens (including phenoxy) is 1. The van der Waals surface area contributed by atoms with Gasteiger partial charge in [0.05, 0.1) is 17.6 Å². The monoisotopic (exact) mass is 348 g/mol. The molecule has 0 bridgehead atoms. The summed E-state index contributed by atoms with van der Waals surface area (Å²) in [6.45, 7) is 5.08. The molecule has 25 heavy (non-hydrogen) atoms. The molecule has 1 aromatic rings. The summed E-state index contributed by atoms with van der Waals surface area (Å²) in [6, 6.07) is 6.52. The van der Waals surface area contributed by atoms with Crippen LogP contribution in [0.1, 0.15) is 44.6 Å². The molecule has 1 aliphatic heterocycles. The minimum Gasteiger partial charge on any atom is -0.376 e. The fourth-order valence-corrected chi connectivity index (χ4v) is 2.63. The second-order valence-corrected chi connectivity index (χ2v) is 6.24. The molecule has 0 aliphatic carbocycles. The van der Waals surface area contributed by atoms with Crippen molar-refractivity contribution in [2.24, 2.45) is 4.99 Å². The summed E-state index contributed by atoms with van der Waals surface area (Å²) in [7, 11) is 0. The maximum Gasteiger partial charge on any atom is 0.269 e. The lowest BCUT2D eigenvalue weighted by atomic mass is 10.1. The van der Waals surface area contributed by atoms with E-state index in [-0.39, 0.29) is 11.8 Å². The molecular weight excluding hydrogens is 320 g/mol. The molecule has 1 aliphatic rings. The predicted octanol–water partition coefficient (Wildman–Crippen LogP) is 3.00. The number of hydrogen-bond donors (Lipinski definition) is 2. The number of rotatable bonds is 8. The van der Waals surface area contributed by atoms with Crippen LogP contribution in [0, 0.1) is 10.1 Å². The number of aliphatic imine (C=N–C) groups is 1. The van der Waals surface area contributed by atoms with Crippen molar-refractivity contribution in [3.8, 4) is 0 Å². The quantitative estimate of drug-likeness (QED) is 0.248. The lowest BCUT2D eigenvalue weighted by Gasteiger charge is -2.23. The molecule has 7 heteroatoms. The van der Waals surface area contributed by atoms with E-state index in [1.54, 1.807) is 12.1 Å². The van der Waals surface area contributed by atoms with Crippen LogP contribution in [0.3, 0.4) is 0 Å². The van der Waals surface area contributed by atoms with E-state index in [0.29, 0.717) is 6.54 Å². The summed E-state index contributed by atoms with van der Waals surface area (Å²) < 4.78 is 5.74. The zero-order valence-corrected chi connectivity index (χ0v) is 14.9. The lowest BCUT2D eigenvalue weighted by Crippen LogP contribution is -2.42. The Morgan fingerprint density at radius 2 is 2.12 bits per heavy atom. The van der Waals surface area contributed by atoms with Gasteiger partial charge in [0.1, 0.15) is 0 Å². The van der Waals surface area contributed by atoms with Crippen molar-refractivity contribution >= 4 is 11.6 Å². The smallest absolute Gasteiger partial charge is 0.269 e. The molecular formula is C18H28N4O3. The highest BCUT2D eigenvalue weighted by atomic mass is 16.6. The first-order valence-electron chi connectivity index (χ1n) is 9.06. The maximum absolute atomic E-state index is 10.7. The van der Waals surface area contributed by atoms with E-state index < -0.39 is 4.92 Å². The number of nitrogens with zero attached hydrogens (tertiary/aromatic N) is 2. The van der Waals surface area contributed by atoms with E-state index in [1.165, 1.54) is 18.6 Å². The molecule has 7 nitrogen and oxygen atoms in total. The van der Waals surface area contributed by atoms with Gasteiger partial charge >= 0.3 is 0 Å². The minimum absolute atomic E-state index is 0.0987. The average molecular weight is 348 g/mol. The number of guanidine groups is 1. The average Bonchev–Trinajstić information content (AvgIpc) is 2.65. The van der Waals surface area contributed by atoms with E-state index in [0.717, 1.165) is 56.9 Å². The SMILES string of the molecule is CCCCNC(=NCc1ccc([N+](=O)[O-])cc1)NCC1CCCCO1. The number of nitro groups is 1. The summed E-state index contributed by atoms with van der Waals surface area (Å²) in [5, 5.41) is 17.4. The molecule has 1 heterocycles. The summed E-state index contributed by atoms with van der Waals surface area (Å²) >= 11 is 0. The van der Waals surface area contributed by atoms with Crippen molar-refractivity contribution in [1.29, 1.82) is 0 Å². The first-order chi connectivity index (χ1) is 12.2. The normalized spacial score (nSPS) is 18.0. The topological polar surface area (TPSA) is 88.8 Å². The van der Waals surface area contributed by atoms with Crippen molar-refractivity contribution in [3.63, 3.8) is 0 Å². The zero-order valence-electron chi connectivity index (χ0n) is 14.9. The van der Waals surface area contributed by atoms with E-state index in [2.05, 4.69) is 22.5 Å². The van der Waals surface area contributed by atoms with Crippen LogP contribution >= 0.6 is 0 Å². The highest BCUT2D eigenvalue weighted by molar-refractivity contribution is 5.79.